The van der Waals surface area contributed by atoms with Crippen molar-refractivity contribution in [2.75, 3.05) is 5.32 Å². The smallest absolute Gasteiger partial charge is 0.194 e. The highest BCUT2D eigenvalue weighted by Gasteiger charge is 2.10. The molecule has 84 valence electrons. The van der Waals surface area contributed by atoms with Crippen LogP contribution in [-0.2, 0) is 6.54 Å². The summed E-state index contributed by atoms with van der Waals surface area (Å²) >= 11 is 0. The molecule has 16 heavy (non-hydrogen) atoms. The fourth-order valence-corrected chi connectivity index (χ4v) is 1.26. The van der Waals surface area contributed by atoms with Crippen molar-refractivity contribution in [2.24, 2.45) is 0 Å². The van der Waals surface area contributed by atoms with E-state index in [1.165, 1.54) is 6.20 Å². The molecule has 0 bridgehead atoms. The molecule has 2 rings (SSSR count). The summed E-state index contributed by atoms with van der Waals surface area (Å²) in [7, 11) is 0. The fraction of sp³-hybridized carbons (Fsp3) is 0.100. The minimum Gasteiger partial charge on any atom is -0.366 e. The average Bonchev–Trinajstić information content (AvgIpc) is 2.75. The Labute approximate surface area is 89.3 Å². The number of aromatic nitrogens is 2. The molecule has 0 spiro atoms. The molecule has 1 heterocycles. The van der Waals surface area contributed by atoms with Gasteiger partial charge in [0.2, 0.25) is 0 Å². The van der Waals surface area contributed by atoms with Crippen LogP contribution in [0, 0.1) is 17.5 Å². The van der Waals surface area contributed by atoms with Crippen molar-refractivity contribution >= 4 is 5.82 Å². The van der Waals surface area contributed by atoms with Crippen LogP contribution in [-0.4, -0.2) is 10.2 Å². The molecule has 0 amide bonds. The van der Waals surface area contributed by atoms with Crippen molar-refractivity contribution < 1.29 is 13.2 Å². The Morgan fingerprint density at radius 1 is 1.19 bits per heavy atom. The predicted octanol–water partition coefficient (Wildman–Crippen LogP) is 2.44. The molecule has 3 nitrogen and oxygen atoms in total. The van der Waals surface area contributed by atoms with Gasteiger partial charge in [0, 0.05) is 6.54 Å². The van der Waals surface area contributed by atoms with Gasteiger partial charge in [0.05, 0.1) is 6.20 Å². The van der Waals surface area contributed by atoms with Crippen LogP contribution in [0.15, 0.2) is 24.4 Å². The molecule has 0 aliphatic rings. The van der Waals surface area contributed by atoms with E-state index in [-0.39, 0.29) is 6.54 Å². The van der Waals surface area contributed by atoms with Gasteiger partial charge >= 0.3 is 0 Å². The van der Waals surface area contributed by atoms with Crippen molar-refractivity contribution in [3.05, 3.63) is 47.4 Å². The van der Waals surface area contributed by atoms with Crippen LogP contribution in [0.5, 0.6) is 0 Å². The second-order valence-corrected chi connectivity index (χ2v) is 3.20. The first-order valence-electron chi connectivity index (χ1n) is 4.53. The van der Waals surface area contributed by atoms with Crippen molar-refractivity contribution in [3.63, 3.8) is 0 Å². The van der Waals surface area contributed by atoms with E-state index in [1.54, 1.807) is 6.07 Å². The van der Waals surface area contributed by atoms with Crippen LogP contribution >= 0.6 is 0 Å². The molecule has 0 aliphatic heterocycles. The zero-order valence-corrected chi connectivity index (χ0v) is 8.10. The largest absolute Gasteiger partial charge is 0.366 e. The van der Waals surface area contributed by atoms with E-state index in [4.69, 9.17) is 0 Å². The van der Waals surface area contributed by atoms with Gasteiger partial charge in [0.15, 0.2) is 17.5 Å². The summed E-state index contributed by atoms with van der Waals surface area (Å²) in [5.41, 5.74) is 0.311. The molecular formula is C10H8F3N3. The molecule has 2 aromatic rings. The van der Waals surface area contributed by atoms with E-state index < -0.39 is 17.5 Å². The molecule has 2 N–H and O–H groups in total. The number of hydrogen-bond donors (Lipinski definition) is 2. The molecule has 0 saturated carbocycles. The lowest BCUT2D eigenvalue weighted by Crippen LogP contribution is -2.02. The first-order valence-corrected chi connectivity index (χ1v) is 4.53. The SMILES string of the molecule is Fc1cc(CNc2ccn[nH]2)cc(F)c1F. The van der Waals surface area contributed by atoms with Crippen molar-refractivity contribution in [3.8, 4) is 0 Å². The Hall–Kier alpha value is -1.98. The number of nitrogens with one attached hydrogen (secondary N) is 2. The van der Waals surface area contributed by atoms with Gasteiger partial charge in [-0.05, 0) is 23.8 Å². The Bertz CT molecular complexity index is 459. The Balaban J connectivity index is 2.10. The van der Waals surface area contributed by atoms with Gasteiger partial charge in [-0.15, -0.1) is 0 Å². The minimum absolute atomic E-state index is 0.177. The van der Waals surface area contributed by atoms with Gasteiger partial charge in [-0.1, -0.05) is 0 Å². The molecule has 6 heteroatoms. The van der Waals surface area contributed by atoms with Gasteiger partial charge in [0.1, 0.15) is 5.82 Å². The number of aromatic amines is 1. The summed E-state index contributed by atoms with van der Waals surface area (Å²) in [5.74, 6) is -3.22. The third-order valence-corrected chi connectivity index (χ3v) is 2.03. The molecular weight excluding hydrogens is 219 g/mol. The highest BCUT2D eigenvalue weighted by molar-refractivity contribution is 5.33. The van der Waals surface area contributed by atoms with E-state index in [0.29, 0.717) is 11.4 Å². The maximum atomic E-state index is 12.8. The van der Waals surface area contributed by atoms with Crippen molar-refractivity contribution in [1.82, 2.24) is 10.2 Å². The lowest BCUT2D eigenvalue weighted by molar-refractivity contribution is 0.445. The molecule has 0 atom stereocenters. The van der Waals surface area contributed by atoms with Crippen LogP contribution in [0.1, 0.15) is 5.56 Å². The standard InChI is InChI=1S/C10H8F3N3/c11-7-3-6(4-8(12)10(7)13)5-14-9-1-2-15-16-9/h1-4H,5H2,(H2,14,15,16). The van der Waals surface area contributed by atoms with Crippen LogP contribution in [0.4, 0.5) is 19.0 Å². The molecule has 0 unspecified atom stereocenters. The van der Waals surface area contributed by atoms with Crippen LogP contribution in [0.3, 0.4) is 0 Å². The Morgan fingerprint density at radius 2 is 1.88 bits per heavy atom. The van der Waals surface area contributed by atoms with Crippen LogP contribution < -0.4 is 5.32 Å². The fourth-order valence-electron chi connectivity index (χ4n) is 1.26. The quantitative estimate of drug-likeness (QED) is 0.790. The van der Waals surface area contributed by atoms with Crippen LogP contribution in [0.25, 0.3) is 0 Å². The number of anilines is 1. The second-order valence-electron chi connectivity index (χ2n) is 3.20. The molecule has 0 radical (unpaired) electrons. The van der Waals surface area contributed by atoms with Gasteiger partial charge in [0.25, 0.3) is 0 Å². The summed E-state index contributed by atoms with van der Waals surface area (Å²) in [6.45, 7) is 0.177. The topological polar surface area (TPSA) is 40.7 Å². The average molecular weight is 227 g/mol. The third-order valence-electron chi connectivity index (χ3n) is 2.03. The zero-order chi connectivity index (χ0) is 11.5. The summed E-state index contributed by atoms with van der Waals surface area (Å²) in [4.78, 5) is 0. The summed E-state index contributed by atoms with van der Waals surface area (Å²) in [6, 6.07) is 3.56. The monoisotopic (exact) mass is 227 g/mol. The zero-order valence-electron chi connectivity index (χ0n) is 8.10. The van der Waals surface area contributed by atoms with Gasteiger partial charge in [-0.2, -0.15) is 5.10 Å². The van der Waals surface area contributed by atoms with Gasteiger partial charge < -0.3 is 5.32 Å². The van der Waals surface area contributed by atoms with E-state index in [9.17, 15) is 13.2 Å². The highest BCUT2D eigenvalue weighted by Crippen LogP contribution is 2.14. The lowest BCUT2D eigenvalue weighted by atomic mass is 10.2. The number of hydrogen-bond acceptors (Lipinski definition) is 2. The lowest BCUT2D eigenvalue weighted by Gasteiger charge is -2.04. The number of H-pyrrole nitrogens is 1. The normalized spacial score (nSPS) is 10.4. The van der Waals surface area contributed by atoms with Gasteiger partial charge in [-0.25, -0.2) is 13.2 Å². The molecule has 1 aromatic heterocycles. The highest BCUT2D eigenvalue weighted by atomic mass is 19.2. The maximum absolute atomic E-state index is 12.8. The first-order chi connectivity index (χ1) is 7.66. The van der Waals surface area contributed by atoms with E-state index in [0.717, 1.165) is 12.1 Å². The number of benzene rings is 1. The predicted molar refractivity (Wildman–Crippen MR) is 52.2 cm³/mol. The Kier molecular flexibility index (Phi) is 2.80. The molecule has 1 aromatic carbocycles. The summed E-state index contributed by atoms with van der Waals surface area (Å²) in [5, 5.41) is 9.15. The van der Waals surface area contributed by atoms with Crippen molar-refractivity contribution in [1.29, 1.82) is 0 Å². The summed E-state index contributed by atoms with van der Waals surface area (Å²) in [6.07, 6.45) is 1.54. The van der Waals surface area contributed by atoms with Crippen molar-refractivity contribution in [2.45, 2.75) is 6.54 Å². The van der Waals surface area contributed by atoms with Gasteiger partial charge in [-0.3, -0.25) is 5.10 Å². The first kappa shape index (κ1) is 10.5. The Morgan fingerprint density at radius 3 is 2.44 bits per heavy atom. The van der Waals surface area contributed by atoms with E-state index in [1.807, 2.05) is 0 Å². The van der Waals surface area contributed by atoms with E-state index >= 15 is 0 Å². The number of halogens is 3. The number of nitrogens with zero attached hydrogens (tertiary/aromatic N) is 1. The maximum Gasteiger partial charge on any atom is 0.194 e. The molecule has 0 saturated heterocycles. The summed E-state index contributed by atoms with van der Waals surface area (Å²) < 4.78 is 38.3. The van der Waals surface area contributed by atoms with E-state index in [2.05, 4.69) is 15.5 Å². The molecule has 0 fully saturated rings. The third kappa shape index (κ3) is 2.16. The second kappa shape index (κ2) is 4.26. The molecule has 0 aliphatic carbocycles. The minimum atomic E-state index is -1.45. The van der Waals surface area contributed by atoms with Crippen LogP contribution in [0.2, 0.25) is 0 Å². The number of rotatable bonds is 3.